The minimum atomic E-state index is -4.38. The van der Waals surface area contributed by atoms with Gasteiger partial charge in [-0.15, -0.1) is 0 Å². The smallest absolute Gasteiger partial charge is 0.338 e. The Morgan fingerprint density at radius 3 is 2.39 bits per heavy atom. The lowest BCUT2D eigenvalue weighted by Crippen LogP contribution is -2.53. The Labute approximate surface area is 192 Å². The van der Waals surface area contributed by atoms with Gasteiger partial charge in [0.15, 0.2) is 0 Å². The Bertz CT molecular complexity index is 1240. The number of halogens is 3. The lowest BCUT2D eigenvalue weighted by atomic mass is 10.1. The molecular formula is C20H20F3N5O3S2. The maximum Gasteiger partial charge on any atom is 0.416 e. The van der Waals surface area contributed by atoms with Crippen LogP contribution in [0.3, 0.4) is 0 Å². The van der Waals surface area contributed by atoms with Gasteiger partial charge in [-0.1, -0.05) is 18.2 Å². The molecule has 1 fully saturated rings. The molecule has 0 spiro atoms. The first-order chi connectivity index (χ1) is 15.7. The van der Waals surface area contributed by atoms with E-state index in [2.05, 4.69) is 14.1 Å². The first-order valence-corrected chi connectivity index (χ1v) is 12.2. The van der Waals surface area contributed by atoms with E-state index in [9.17, 15) is 26.4 Å². The standard InChI is InChI=1S/C20H20F3N5O3S2/c21-20(22,23)15-6-4-14(5-7-15)8-9-24-19(29)27-10-12-28(13-11-27)33(30,31)17-3-1-2-16-18(17)26-32-25-16/h1-7H,8-13H2,(H,24,29). The zero-order chi connectivity index (χ0) is 23.6. The number of benzene rings is 2. The molecule has 0 bridgehead atoms. The molecule has 1 saturated heterocycles. The number of rotatable bonds is 5. The van der Waals surface area contributed by atoms with Crippen LogP contribution in [0.25, 0.3) is 11.0 Å². The zero-order valence-electron chi connectivity index (χ0n) is 17.2. The number of carbonyl (C=O) groups is 1. The predicted octanol–water partition coefficient (Wildman–Crippen LogP) is 2.97. The first kappa shape index (κ1) is 23.4. The third-order valence-electron chi connectivity index (χ3n) is 5.36. The second-order valence-corrected chi connectivity index (χ2v) is 9.89. The number of aromatic nitrogens is 2. The first-order valence-electron chi connectivity index (χ1n) is 10.1. The molecule has 0 aliphatic carbocycles. The third-order valence-corrected chi connectivity index (χ3v) is 7.84. The number of nitrogens with zero attached hydrogens (tertiary/aromatic N) is 4. The van der Waals surface area contributed by atoms with Gasteiger partial charge in [0.05, 0.1) is 17.3 Å². The van der Waals surface area contributed by atoms with Crippen molar-refractivity contribution < 1.29 is 26.4 Å². The Hall–Kier alpha value is -2.77. The average molecular weight is 500 g/mol. The van der Waals surface area contributed by atoms with E-state index in [1.165, 1.54) is 27.4 Å². The molecule has 2 heterocycles. The fourth-order valence-corrected chi connectivity index (χ4v) is 5.72. The number of amides is 2. The van der Waals surface area contributed by atoms with E-state index in [1.54, 1.807) is 12.1 Å². The monoisotopic (exact) mass is 499 g/mol. The van der Waals surface area contributed by atoms with Crippen LogP contribution in [0.1, 0.15) is 11.1 Å². The second kappa shape index (κ2) is 9.23. The fraction of sp³-hybridized carbons (Fsp3) is 0.350. The van der Waals surface area contributed by atoms with Crippen LogP contribution in [0.5, 0.6) is 0 Å². The quantitative estimate of drug-likeness (QED) is 0.583. The predicted molar refractivity (Wildman–Crippen MR) is 116 cm³/mol. The number of urea groups is 1. The Balaban J connectivity index is 1.29. The summed E-state index contributed by atoms with van der Waals surface area (Å²) in [7, 11) is -3.78. The Morgan fingerprint density at radius 1 is 1.03 bits per heavy atom. The van der Waals surface area contributed by atoms with Gasteiger partial charge in [0, 0.05) is 32.7 Å². The molecule has 13 heteroatoms. The van der Waals surface area contributed by atoms with E-state index >= 15 is 0 Å². The van der Waals surface area contributed by atoms with Crippen LogP contribution >= 0.6 is 11.7 Å². The van der Waals surface area contributed by atoms with Crippen LogP contribution in [0.2, 0.25) is 0 Å². The van der Waals surface area contributed by atoms with Crippen LogP contribution < -0.4 is 5.32 Å². The highest BCUT2D eigenvalue weighted by molar-refractivity contribution is 7.89. The van der Waals surface area contributed by atoms with Crippen molar-refractivity contribution in [3.05, 3.63) is 53.6 Å². The number of piperazine rings is 1. The molecule has 33 heavy (non-hydrogen) atoms. The van der Waals surface area contributed by atoms with Crippen molar-refractivity contribution in [1.82, 2.24) is 23.3 Å². The molecular weight excluding hydrogens is 479 g/mol. The number of alkyl halides is 3. The summed E-state index contributed by atoms with van der Waals surface area (Å²) in [5, 5.41) is 2.73. The summed E-state index contributed by atoms with van der Waals surface area (Å²) >= 11 is 0.948. The lowest BCUT2D eigenvalue weighted by Gasteiger charge is -2.34. The van der Waals surface area contributed by atoms with Gasteiger partial charge in [0.25, 0.3) is 0 Å². The van der Waals surface area contributed by atoms with Gasteiger partial charge in [-0.2, -0.15) is 26.2 Å². The summed E-state index contributed by atoms with van der Waals surface area (Å²) in [5.74, 6) is 0. The fourth-order valence-electron chi connectivity index (χ4n) is 3.55. The third kappa shape index (κ3) is 5.09. The van der Waals surface area contributed by atoms with Gasteiger partial charge in [-0.3, -0.25) is 0 Å². The van der Waals surface area contributed by atoms with E-state index < -0.39 is 21.8 Å². The molecule has 0 saturated carbocycles. The van der Waals surface area contributed by atoms with Gasteiger partial charge in [0.2, 0.25) is 10.0 Å². The molecule has 2 amide bonds. The number of nitrogens with one attached hydrogen (secondary N) is 1. The molecule has 2 aromatic carbocycles. The summed E-state index contributed by atoms with van der Waals surface area (Å²) in [4.78, 5) is 14.0. The van der Waals surface area contributed by atoms with E-state index in [0.717, 1.165) is 23.9 Å². The van der Waals surface area contributed by atoms with Gasteiger partial charge < -0.3 is 10.2 Å². The molecule has 3 aromatic rings. The molecule has 1 aromatic heterocycles. The molecule has 1 aliphatic rings. The molecule has 0 radical (unpaired) electrons. The minimum Gasteiger partial charge on any atom is -0.338 e. The molecule has 0 atom stereocenters. The second-order valence-electron chi connectivity index (χ2n) is 7.46. The largest absolute Gasteiger partial charge is 0.416 e. The Morgan fingerprint density at radius 2 is 1.73 bits per heavy atom. The van der Waals surface area contributed by atoms with Crippen molar-refractivity contribution in [2.75, 3.05) is 32.7 Å². The summed E-state index contributed by atoms with van der Waals surface area (Å²) < 4.78 is 73.5. The van der Waals surface area contributed by atoms with E-state index in [0.29, 0.717) is 23.0 Å². The highest BCUT2D eigenvalue weighted by atomic mass is 32.2. The van der Waals surface area contributed by atoms with Crippen molar-refractivity contribution in [1.29, 1.82) is 0 Å². The lowest BCUT2D eigenvalue weighted by molar-refractivity contribution is -0.137. The SMILES string of the molecule is O=C(NCCc1ccc(C(F)(F)F)cc1)N1CCN(S(=O)(=O)c2cccc3nsnc23)CC1. The van der Waals surface area contributed by atoms with E-state index in [4.69, 9.17) is 0 Å². The van der Waals surface area contributed by atoms with Crippen molar-refractivity contribution in [2.24, 2.45) is 0 Å². The summed E-state index contributed by atoms with van der Waals surface area (Å²) in [5.41, 5.74) is 0.813. The van der Waals surface area contributed by atoms with Gasteiger partial charge in [0.1, 0.15) is 15.9 Å². The number of hydrogen-bond donors (Lipinski definition) is 1. The summed E-state index contributed by atoms with van der Waals surface area (Å²) in [6, 6.07) is 9.28. The number of hydrogen-bond acceptors (Lipinski definition) is 6. The maximum atomic E-state index is 13.1. The molecule has 1 N–H and O–H groups in total. The highest BCUT2D eigenvalue weighted by Crippen LogP contribution is 2.29. The molecule has 176 valence electrons. The molecule has 4 rings (SSSR count). The van der Waals surface area contributed by atoms with Crippen LogP contribution in [-0.4, -0.2) is 65.1 Å². The summed E-state index contributed by atoms with van der Waals surface area (Å²) in [6.07, 6.45) is -4.00. The van der Waals surface area contributed by atoms with Crippen molar-refractivity contribution in [3.63, 3.8) is 0 Å². The average Bonchev–Trinajstić information content (AvgIpc) is 3.28. The van der Waals surface area contributed by atoms with Crippen molar-refractivity contribution in [3.8, 4) is 0 Å². The topological polar surface area (TPSA) is 95.5 Å². The van der Waals surface area contributed by atoms with Crippen LogP contribution in [-0.2, 0) is 22.6 Å². The summed E-state index contributed by atoms with van der Waals surface area (Å²) in [6.45, 7) is 0.972. The minimum absolute atomic E-state index is 0.100. The maximum absolute atomic E-state index is 13.1. The highest BCUT2D eigenvalue weighted by Gasteiger charge is 2.32. The van der Waals surface area contributed by atoms with Crippen molar-refractivity contribution >= 4 is 38.8 Å². The van der Waals surface area contributed by atoms with Crippen molar-refractivity contribution in [2.45, 2.75) is 17.5 Å². The normalized spacial score (nSPS) is 15.7. The van der Waals surface area contributed by atoms with E-state index in [-0.39, 0.29) is 43.7 Å². The van der Waals surface area contributed by atoms with Crippen LogP contribution in [0.15, 0.2) is 47.4 Å². The zero-order valence-corrected chi connectivity index (χ0v) is 18.9. The Kier molecular flexibility index (Phi) is 6.54. The number of fused-ring (bicyclic) bond motifs is 1. The van der Waals surface area contributed by atoms with Crippen LogP contribution in [0, 0.1) is 0 Å². The molecule has 8 nitrogen and oxygen atoms in total. The van der Waals surface area contributed by atoms with Gasteiger partial charge >= 0.3 is 12.2 Å². The number of carbonyl (C=O) groups excluding carboxylic acids is 1. The molecule has 0 unspecified atom stereocenters. The number of sulfonamides is 1. The van der Waals surface area contributed by atoms with Gasteiger partial charge in [-0.05, 0) is 36.2 Å². The molecule has 1 aliphatic heterocycles. The van der Waals surface area contributed by atoms with E-state index in [1.807, 2.05) is 0 Å². The van der Waals surface area contributed by atoms with Crippen LogP contribution in [0.4, 0.5) is 18.0 Å². The van der Waals surface area contributed by atoms with Gasteiger partial charge in [-0.25, -0.2) is 13.2 Å².